The van der Waals surface area contributed by atoms with E-state index in [2.05, 4.69) is 25.6 Å². The van der Waals surface area contributed by atoms with Gasteiger partial charge in [0.15, 0.2) is 0 Å². The summed E-state index contributed by atoms with van der Waals surface area (Å²) in [5.41, 5.74) is 1.78. The number of nitrogens with zero attached hydrogens (tertiary/aromatic N) is 4. The highest BCUT2D eigenvalue weighted by Gasteiger charge is 2.17. The van der Waals surface area contributed by atoms with Crippen molar-refractivity contribution in [1.29, 1.82) is 0 Å². The lowest BCUT2D eigenvalue weighted by atomic mass is 10.3. The van der Waals surface area contributed by atoms with Gasteiger partial charge >= 0.3 is 0 Å². The number of fused-ring (bicyclic) bond motifs is 1. The molecule has 0 bridgehead atoms. The fourth-order valence-corrected chi connectivity index (χ4v) is 3.19. The molecule has 2 aromatic heterocycles. The van der Waals surface area contributed by atoms with E-state index in [0.29, 0.717) is 22.4 Å². The molecule has 0 radical (unpaired) electrons. The maximum Gasteiger partial charge on any atom is 0.274 e. The fraction of sp³-hybridized carbons (Fsp3) is 0.278. The van der Waals surface area contributed by atoms with E-state index in [1.54, 1.807) is 28.9 Å². The van der Waals surface area contributed by atoms with Gasteiger partial charge in [0.2, 0.25) is 5.95 Å². The molecule has 1 aliphatic heterocycles. The average molecular weight is 371 g/mol. The minimum absolute atomic E-state index is 0.264. The van der Waals surface area contributed by atoms with Gasteiger partial charge in [-0.2, -0.15) is 0 Å². The van der Waals surface area contributed by atoms with Crippen LogP contribution >= 0.6 is 11.6 Å². The largest absolute Gasteiger partial charge is 0.338 e. The lowest BCUT2D eigenvalue weighted by molar-refractivity contribution is 0.102. The summed E-state index contributed by atoms with van der Waals surface area (Å²) < 4.78 is 1.63. The first-order valence-corrected chi connectivity index (χ1v) is 8.96. The second-order valence-corrected chi connectivity index (χ2v) is 6.55. The van der Waals surface area contributed by atoms with E-state index < -0.39 is 0 Å². The summed E-state index contributed by atoms with van der Waals surface area (Å²) in [6, 6.07) is 10.7. The SMILES string of the molecule is O=C(Nc1ccccc1Cl)c1ccc2cnc(N3CCCNCC3)nn12. The van der Waals surface area contributed by atoms with Crippen molar-refractivity contribution in [3.05, 3.63) is 53.3 Å². The number of carbonyl (C=O) groups is 1. The van der Waals surface area contributed by atoms with Crippen molar-refractivity contribution < 1.29 is 4.79 Å². The third-order valence-electron chi connectivity index (χ3n) is 4.36. The van der Waals surface area contributed by atoms with Gasteiger partial charge in [-0.25, -0.2) is 9.50 Å². The van der Waals surface area contributed by atoms with E-state index in [0.717, 1.165) is 38.1 Å². The highest BCUT2D eigenvalue weighted by Crippen LogP contribution is 2.21. The van der Waals surface area contributed by atoms with Crippen LogP contribution in [-0.2, 0) is 0 Å². The van der Waals surface area contributed by atoms with Crippen LogP contribution in [0.15, 0.2) is 42.6 Å². The number of hydrogen-bond acceptors (Lipinski definition) is 5. The number of rotatable bonds is 3. The van der Waals surface area contributed by atoms with Crippen LogP contribution in [0.5, 0.6) is 0 Å². The van der Waals surface area contributed by atoms with Crippen LogP contribution in [0.25, 0.3) is 5.52 Å². The number of hydrogen-bond donors (Lipinski definition) is 2. The van der Waals surface area contributed by atoms with Crippen molar-refractivity contribution >= 4 is 34.7 Å². The standard InChI is InChI=1S/C18H19ClN6O/c19-14-4-1-2-5-15(14)22-17(26)16-7-6-13-12-21-18(23-25(13)16)24-10-3-8-20-9-11-24/h1-2,4-7,12,20H,3,8-11H2,(H,22,26). The lowest BCUT2D eigenvalue weighted by Gasteiger charge is -2.19. The Labute approximate surface area is 156 Å². The quantitative estimate of drug-likeness (QED) is 0.740. The number of carbonyl (C=O) groups excluding carboxylic acids is 1. The van der Waals surface area contributed by atoms with Crippen molar-refractivity contribution in [2.45, 2.75) is 6.42 Å². The number of para-hydroxylation sites is 1. The highest BCUT2D eigenvalue weighted by molar-refractivity contribution is 6.33. The van der Waals surface area contributed by atoms with Crippen LogP contribution in [0, 0.1) is 0 Å². The van der Waals surface area contributed by atoms with E-state index in [-0.39, 0.29) is 5.91 Å². The summed E-state index contributed by atoms with van der Waals surface area (Å²) in [6.07, 6.45) is 2.78. The Balaban J connectivity index is 1.64. The molecule has 26 heavy (non-hydrogen) atoms. The second-order valence-electron chi connectivity index (χ2n) is 6.14. The Hall–Kier alpha value is -2.64. The summed E-state index contributed by atoms with van der Waals surface area (Å²) in [6.45, 7) is 3.62. The monoisotopic (exact) mass is 370 g/mol. The number of amides is 1. The molecule has 4 rings (SSSR count). The minimum atomic E-state index is -0.264. The number of aromatic nitrogens is 3. The van der Waals surface area contributed by atoms with Crippen LogP contribution in [-0.4, -0.2) is 46.7 Å². The van der Waals surface area contributed by atoms with Gasteiger partial charge in [0, 0.05) is 19.6 Å². The Morgan fingerprint density at radius 1 is 1.15 bits per heavy atom. The van der Waals surface area contributed by atoms with E-state index in [1.807, 2.05) is 18.2 Å². The van der Waals surface area contributed by atoms with Gasteiger partial charge in [0.05, 0.1) is 22.4 Å². The van der Waals surface area contributed by atoms with Crippen molar-refractivity contribution in [3.8, 4) is 0 Å². The Kier molecular flexibility index (Phi) is 4.73. The molecule has 0 unspecified atom stereocenters. The molecule has 1 fully saturated rings. The van der Waals surface area contributed by atoms with Crippen LogP contribution in [0.2, 0.25) is 5.02 Å². The van der Waals surface area contributed by atoms with Gasteiger partial charge in [-0.1, -0.05) is 23.7 Å². The van der Waals surface area contributed by atoms with E-state index in [4.69, 9.17) is 11.6 Å². The Morgan fingerprint density at radius 2 is 2.04 bits per heavy atom. The Morgan fingerprint density at radius 3 is 2.92 bits per heavy atom. The zero-order valence-electron chi connectivity index (χ0n) is 14.2. The van der Waals surface area contributed by atoms with Crippen molar-refractivity contribution in [1.82, 2.24) is 19.9 Å². The second kappa shape index (κ2) is 7.31. The summed E-state index contributed by atoms with van der Waals surface area (Å²) in [7, 11) is 0. The molecular weight excluding hydrogens is 352 g/mol. The molecule has 3 heterocycles. The van der Waals surface area contributed by atoms with Crippen molar-refractivity contribution in [2.24, 2.45) is 0 Å². The molecule has 2 N–H and O–H groups in total. The van der Waals surface area contributed by atoms with E-state index in [1.165, 1.54) is 0 Å². The molecule has 0 aliphatic carbocycles. The maximum absolute atomic E-state index is 12.7. The third-order valence-corrected chi connectivity index (χ3v) is 4.69. The first-order chi connectivity index (χ1) is 12.7. The molecule has 1 saturated heterocycles. The Bertz CT molecular complexity index is 932. The smallest absolute Gasteiger partial charge is 0.274 e. The average Bonchev–Trinajstić information content (AvgIpc) is 2.88. The van der Waals surface area contributed by atoms with Gasteiger partial charge in [-0.05, 0) is 37.2 Å². The van der Waals surface area contributed by atoms with Crippen LogP contribution < -0.4 is 15.5 Å². The number of halogens is 1. The number of benzene rings is 1. The van der Waals surface area contributed by atoms with Gasteiger partial charge in [0.25, 0.3) is 5.91 Å². The van der Waals surface area contributed by atoms with Gasteiger partial charge < -0.3 is 15.5 Å². The van der Waals surface area contributed by atoms with Crippen LogP contribution in [0.3, 0.4) is 0 Å². The molecule has 1 amide bonds. The minimum Gasteiger partial charge on any atom is -0.338 e. The fourth-order valence-electron chi connectivity index (χ4n) is 3.00. The van der Waals surface area contributed by atoms with E-state index >= 15 is 0 Å². The topological polar surface area (TPSA) is 74.6 Å². The number of anilines is 2. The normalized spacial score (nSPS) is 15.0. The molecule has 8 heteroatoms. The molecule has 1 aliphatic rings. The zero-order valence-corrected chi connectivity index (χ0v) is 14.9. The maximum atomic E-state index is 12.7. The molecule has 134 valence electrons. The van der Waals surface area contributed by atoms with Crippen molar-refractivity contribution in [2.75, 3.05) is 36.4 Å². The summed E-state index contributed by atoms with van der Waals surface area (Å²) in [5, 5.41) is 11.3. The van der Waals surface area contributed by atoms with Crippen LogP contribution in [0.1, 0.15) is 16.9 Å². The molecule has 3 aromatic rings. The van der Waals surface area contributed by atoms with E-state index in [9.17, 15) is 4.79 Å². The molecule has 0 spiro atoms. The van der Waals surface area contributed by atoms with Gasteiger partial charge in [0.1, 0.15) is 5.69 Å². The molecule has 1 aromatic carbocycles. The van der Waals surface area contributed by atoms with Crippen molar-refractivity contribution in [3.63, 3.8) is 0 Å². The molecule has 0 atom stereocenters. The first-order valence-electron chi connectivity index (χ1n) is 8.59. The van der Waals surface area contributed by atoms with Gasteiger partial charge in [-0.15, -0.1) is 5.10 Å². The van der Waals surface area contributed by atoms with Crippen LogP contribution in [0.4, 0.5) is 11.6 Å². The highest BCUT2D eigenvalue weighted by atomic mass is 35.5. The lowest BCUT2D eigenvalue weighted by Crippen LogP contribution is -2.30. The molecular formula is C18H19ClN6O. The molecule has 0 saturated carbocycles. The predicted molar refractivity (Wildman–Crippen MR) is 102 cm³/mol. The summed E-state index contributed by atoms with van der Waals surface area (Å²) in [4.78, 5) is 19.3. The third kappa shape index (κ3) is 3.36. The van der Waals surface area contributed by atoms with Gasteiger partial charge in [-0.3, -0.25) is 4.79 Å². The number of nitrogens with one attached hydrogen (secondary N) is 2. The molecule has 7 nitrogen and oxygen atoms in total. The summed E-state index contributed by atoms with van der Waals surface area (Å²) in [5.74, 6) is 0.365. The predicted octanol–water partition coefficient (Wildman–Crippen LogP) is 2.43. The first kappa shape index (κ1) is 16.8. The zero-order chi connectivity index (χ0) is 17.9. The summed E-state index contributed by atoms with van der Waals surface area (Å²) >= 11 is 6.13.